The van der Waals surface area contributed by atoms with Crippen molar-refractivity contribution < 1.29 is 14.6 Å². The molecule has 0 radical (unpaired) electrons. The van der Waals surface area contributed by atoms with Crippen molar-refractivity contribution >= 4 is 5.97 Å². The molecule has 1 aromatic carbocycles. The lowest BCUT2D eigenvalue weighted by Gasteiger charge is -2.03. The van der Waals surface area contributed by atoms with E-state index in [2.05, 4.69) is 10.0 Å². The fourth-order valence-electron chi connectivity index (χ4n) is 0.949. The summed E-state index contributed by atoms with van der Waals surface area (Å²) in [5, 5.41) is 11.8. The van der Waals surface area contributed by atoms with Gasteiger partial charge in [0.05, 0.1) is 6.54 Å². The van der Waals surface area contributed by atoms with Crippen LogP contribution in [0.4, 0.5) is 0 Å². The zero-order valence-electron chi connectivity index (χ0n) is 7.83. The van der Waals surface area contributed by atoms with Gasteiger partial charge in [0, 0.05) is 4.91 Å². The normalized spacial score (nSPS) is 9.07. The van der Waals surface area contributed by atoms with E-state index in [4.69, 9.17) is 15.4 Å². The molecule has 0 aliphatic heterocycles. The molecule has 0 saturated carbocycles. The van der Waals surface area contributed by atoms with Crippen LogP contribution >= 0.6 is 0 Å². The third kappa shape index (κ3) is 4.02. The van der Waals surface area contributed by atoms with Gasteiger partial charge in [-0.1, -0.05) is 17.2 Å². The number of nitrogens with zero attached hydrogens (tertiary/aromatic N) is 3. The third-order valence-electron chi connectivity index (χ3n) is 1.60. The molecular weight excluding hydrogens is 198 g/mol. The molecule has 0 atom stereocenters. The maximum absolute atomic E-state index is 10.2. The highest BCUT2D eigenvalue weighted by molar-refractivity contribution is 5.68. The van der Waals surface area contributed by atoms with E-state index >= 15 is 0 Å². The SMILES string of the molecule is [N-]=[N+]=NCc1ccc(OCC(=O)O)cc1. The van der Waals surface area contributed by atoms with Gasteiger partial charge in [-0.2, -0.15) is 0 Å². The number of aliphatic carboxylic acids is 1. The first-order valence-corrected chi connectivity index (χ1v) is 4.17. The number of carboxylic acid groups (broad SMARTS) is 1. The Hall–Kier alpha value is -2.20. The summed E-state index contributed by atoms with van der Waals surface area (Å²) in [5.74, 6) is -0.546. The summed E-state index contributed by atoms with van der Waals surface area (Å²) < 4.78 is 4.92. The maximum Gasteiger partial charge on any atom is 0.341 e. The van der Waals surface area contributed by atoms with Gasteiger partial charge in [-0.05, 0) is 23.2 Å². The van der Waals surface area contributed by atoms with E-state index < -0.39 is 5.97 Å². The number of rotatable bonds is 5. The molecule has 15 heavy (non-hydrogen) atoms. The van der Waals surface area contributed by atoms with Crippen molar-refractivity contribution in [2.75, 3.05) is 6.61 Å². The highest BCUT2D eigenvalue weighted by atomic mass is 16.5. The predicted molar refractivity (Wildman–Crippen MR) is 52.4 cm³/mol. The largest absolute Gasteiger partial charge is 0.482 e. The molecule has 0 amide bonds. The molecular formula is C9H9N3O3. The molecule has 0 spiro atoms. The number of benzene rings is 1. The molecule has 0 fully saturated rings. The number of hydrogen-bond donors (Lipinski definition) is 1. The van der Waals surface area contributed by atoms with Crippen molar-refractivity contribution in [3.63, 3.8) is 0 Å². The molecule has 1 N–H and O–H groups in total. The topological polar surface area (TPSA) is 95.3 Å². The minimum Gasteiger partial charge on any atom is -0.482 e. The molecule has 6 nitrogen and oxygen atoms in total. The number of carbonyl (C=O) groups is 1. The second-order valence-corrected chi connectivity index (χ2v) is 2.72. The van der Waals surface area contributed by atoms with E-state index in [1.165, 1.54) is 0 Å². The van der Waals surface area contributed by atoms with Crippen LogP contribution in [0.1, 0.15) is 5.56 Å². The van der Waals surface area contributed by atoms with Gasteiger partial charge in [-0.15, -0.1) is 0 Å². The van der Waals surface area contributed by atoms with Gasteiger partial charge >= 0.3 is 5.97 Å². The fraction of sp³-hybridized carbons (Fsp3) is 0.222. The molecule has 0 heterocycles. The summed E-state index contributed by atoms with van der Waals surface area (Å²) in [5.41, 5.74) is 8.94. The van der Waals surface area contributed by atoms with Crippen molar-refractivity contribution in [1.82, 2.24) is 0 Å². The molecule has 78 valence electrons. The first-order valence-electron chi connectivity index (χ1n) is 4.17. The van der Waals surface area contributed by atoms with Crippen LogP contribution in [-0.2, 0) is 11.3 Å². The van der Waals surface area contributed by atoms with Crippen molar-refractivity contribution in [3.05, 3.63) is 40.3 Å². The number of azide groups is 1. The number of ether oxygens (including phenoxy) is 1. The molecule has 0 aliphatic rings. The Balaban J connectivity index is 2.55. The van der Waals surface area contributed by atoms with Crippen LogP contribution in [0, 0.1) is 0 Å². The lowest BCUT2D eigenvalue weighted by atomic mass is 10.2. The van der Waals surface area contributed by atoms with Crippen molar-refractivity contribution in [2.24, 2.45) is 5.11 Å². The van der Waals surface area contributed by atoms with Crippen LogP contribution < -0.4 is 4.74 Å². The van der Waals surface area contributed by atoms with E-state index in [-0.39, 0.29) is 13.2 Å². The highest BCUT2D eigenvalue weighted by Crippen LogP contribution is 2.12. The smallest absolute Gasteiger partial charge is 0.341 e. The average Bonchev–Trinajstić information content (AvgIpc) is 2.25. The minimum atomic E-state index is -1.02. The Kier molecular flexibility index (Phi) is 4.00. The Morgan fingerprint density at radius 1 is 1.47 bits per heavy atom. The van der Waals surface area contributed by atoms with Crippen LogP contribution in [0.2, 0.25) is 0 Å². The van der Waals surface area contributed by atoms with Crippen molar-refractivity contribution in [1.29, 1.82) is 0 Å². The van der Waals surface area contributed by atoms with E-state index in [1.807, 2.05) is 0 Å². The summed E-state index contributed by atoms with van der Waals surface area (Å²) >= 11 is 0. The predicted octanol–water partition coefficient (Wildman–Crippen LogP) is 1.96. The van der Waals surface area contributed by atoms with Gasteiger partial charge in [0.15, 0.2) is 6.61 Å². The van der Waals surface area contributed by atoms with Gasteiger partial charge in [0.1, 0.15) is 5.75 Å². The summed E-state index contributed by atoms with van der Waals surface area (Å²) in [6.45, 7) is -0.0919. The highest BCUT2D eigenvalue weighted by Gasteiger charge is 1.98. The Labute approximate surface area is 85.7 Å². The summed E-state index contributed by atoms with van der Waals surface area (Å²) in [4.78, 5) is 12.8. The van der Waals surface area contributed by atoms with E-state index in [0.717, 1.165) is 5.56 Å². The van der Waals surface area contributed by atoms with Crippen molar-refractivity contribution in [3.8, 4) is 5.75 Å². The third-order valence-corrected chi connectivity index (χ3v) is 1.60. The van der Waals surface area contributed by atoms with Crippen LogP contribution in [0.5, 0.6) is 5.75 Å². The molecule has 1 aromatic rings. The zero-order chi connectivity index (χ0) is 11.1. The quantitative estimate of drug-likeness (QED) is 0.454. The Morgan fingerprint density at radius 2 is 2.13 bits per heavy atom. The molecule has 6 heteroatoms. The van der Waals surface area contributed by atoms with Gasteiger partial charge in [0.2, 0.25) is 0 Å². The summed E-state index contributed by atoms with van der Waals surface area (Å²) in [6, 6.07) is 6.69. The van der Waals surface area contributed by atoms with E-state index in [9.17, 15) is 4.79 Å². The fourth-order valence-corrected chi connectivity index (χ4v) is 0.949. The molecule has 1 rings (SSSR count). The monoisotopic (exact) mass is 207 g/mol. The first kappa shape index (κ1) is 10.9. The van der Waals surface area contributed by atoms with E-state index in [0.29, 0.717) is 5.75 Å². The second kappa shape index (κ2) is 5.51. The van der Waals surface area contributed by atoms with Gasteiger partial charge < -0.3 is 9.84 Å². The Morgan fingerprint density at radius 3 is 2.67 bits per heavy atom. The lowest BCUT2D eigenvalue weighted by molar-refractivity contribution is -0.139. The standard InChI is InChI=1S/C9H9N3O3/c10-12-11-5-7-1-3-8(4-2-7)15-6-9(13)14/h1-4H,5-6H2,(H,13,14). The number of hydrogen-bond acceptors (Lipinski definition) is 3. The zero-order valence-corrected chi connectivity index (χ0v) is 7.83. The molecule has 0 saturated heterocycles. The van der Waals surface area contributed by atoms with Crippen LogP contribution in [0.15, 0.2) is 29.4 Å². The summed E-state index contributed by atoms with van der Waals surface area (Å²) in [7, 11) is 0. The van der Waals surface area contributed by atoms with Crippen LogP contribution in [0.3, 0.4) is 0 Å². The second-order valence-electron chi connectivity index (χ2n) is 2.72. The van der Waals surface area contributed by atoms with Gasteiger partial charge in [-0.25, -0.2) is 4.79 Å². The number of carboxylic acids is 1. The molecule has 0 bridgehead atoms. The molecule has 0 aliphatic carbocycles. The molecule has 0 unspecified atom stereocenters. The first-order chi connectivity index (χ1) is 7.22. The lowest BCUT2D eigenvalue weighted by Crippen LogP contribution is -2.09. The average molecular weight is 207 g/mol. The van der Waals surface area contributed by atoms with Crippen molar-refractivity contribution in [2.45, 2.75) is 6.54 Å². The molecule has 0 aromatic heterocycles. The van der Waals surface area contributed by atoms with Crippen LogP contribution in [0.25, 0.3) is 10.4 Å². The minimum absolute atomic E-state index is 0.274. The van der Waals surface area contributed by atoms with E-state index in [1.54, 1.807) is 24.3 Å². The summed E-state index contributed by atoms with van der Waals surface area (Å²) in [6.07, 6.45) is 0. The Bertz CT molecular complexity index is 382. The van der Waals surface area contributed by atoms with Gasteiger partial charge in [0.25, 0.3) is 0 Å². The van der Waals surface area contributed by atoms with Crippen LogP contribution in [-0.4, -0.2) is 17.7 Å². The van der Waals surface area contributed by atoms with Gasteiger partial charge in [-0.3, -0.25) is 0 Å². The maximum atomic E-state index is 10.2.